The fourth-order valence-electron chi connectivity index (χ4n) is 2.02. The Morgan fingerprint density at radius 3 is 0.324 bits per heavy atom. The highest BCUT2D eigenvalue weighted by Gasteiger charge is 1.66. The third-order valence-electron chi connectivity index (χ3n) is 3.61. The highest BCUT2D eigenvalue weighted by Crippen LogP contribution is 1.88. The summed E-state index contributed by atoms with van der Waals surface area (Å²) in [5, 5.41) is 0. The zero-order chi connectivity index (χ0) is 24.6. The van der Waals surface area contributed by atoms with Gasteiger partial charge in [-0.2, -0.15) is 0 Å². The van der Waals surface area contributed by atoms with Crippen molar-refractivity contribution in [3.05, 3.63) is 194 Å². The Kier molecular flexibility index (Phi) is 25.3. The molecule has 0 saturated heterocycles. The topological polar surface area (TPSA) is 0 Å². The number of hydrogen-bond donors (Lipinski definition) is 0. The largest absolute Gasteiger partial charge is 0.0877 e. The van der Waals surface area contributed by atoms with Crippen LogP contribution in [0.1, 0.15) is 13.8 Å². The van der Waals surface area contributed by atoms with Crippen molar-refractivity contribution in [1.82, 2.24) is 0 Å². The third-order valence-corrected chi connectivity index (χ3v) is 3.61. The average Bonchev–Trinajstić information content (AvgIpc) is 2.85. The summed E-state index contributed by atoms with van der Waals surface area (Å²) < 4.78 is 0. The van der Waals surface area contributed by atoms with Crippen molar-refractivity contribution in [2.45, 2.75) is 13.8 Å². The highest BCUT2D eigenvalue weighted by molar-refractivity contribution is 5.24. The van der Waals surface area contributed by atoms with Crippen molar-refractivity contribution >= 4 is 0 Å². The van der Waals surface area contributed by atoms with E-state index in [0.717, 1.165) is 0 Å². The molecule has 0 nitrogen and oxygen atoms in total. The summed E-state index contributed by atoms with van der Waals surface area (Å²) in [4.78, 5) is 0. The van der Waals surface area contributed by atoms with Crippen LogP contribution in [0.25, 0.3) is 0 Å². The Morgan fingerprint density at radius 2 is 0.235 bits per heavy atom. The van der Waals surface area contributed by atoms with Gasteiger partial charge in [0.2, 0.25) is 0 Å². The summed E-state index contributed by atoms with van der Waals surface area (Å²) in [6.07, 6.45) is 64.0. The number of hydrogen-bond acceptors (Lipinski definition) is 0. The minimum absolute atomic E-state index is 2.00. The maximum absolute atomic E-state index is 2.00. The van der Waals surface area contributed by atoms with Gasteiger partial charge in [0.05, 0.1) is 0 Å². The molecule has 0 spiro atoms. The van der Waals surface area contributed by atoms with Gasteiger partial charge in [-0.05, 0) is 13.8 Å². The normalized spacial score (nSPS) is 15.2. The van der Waals surface area contributed by atoms with Gasteiger partial charge in [0.25, 0.3) is 0 Å². The fraction of sp³-hybridized carbons (Fsp3) is 0.0588. The van der Waals surface area contributed by atoms with Gasteiger partial charge in [0.15, 0.2) is 0 Å². The zero-order valence-electron chi connectivity index (χ0n) is 20.5. The molecule has 0 radical (unpaired) electrons. The van der Waals surface area contributed by atoms with E-state index >= 15 is 0 Å². The van der Waals surface area contributed by atoms with Crippen LogP contribution >= 0.6 is 0 Å². The molecular weight excluding hydrogens is 408 g/mol. The molecule has 34 heavy (non-hydrogen) atoms. The number of rotatable bonds is 15. The molecule has 0 saturated carbocycles. The standard InChI is InChI=1S/C34H38/c1-3-5-7-9-11-13-15-17-19-21-23-25-27-29-31-33-34-32-30-28-26-24-22-20-18-16-14-12-10-8-6-4-2/h3-34H,1-2H3. The van der Waals surface area contributed by atoms with Crippen LogP contribution in [0.5, 0.6) is 0 Å². The van der Waals surface area contributed by atoms with Crippen LogP contribution in [0.3, 0.4) is 0 Å². The molecule has 0 aliphatic rings. The van der Waals surface area contributed by atoms with Crippen LogP contribution in [0, 0.1) is 0 Å². The maximum Gasteiger partial charge on any atom is -0.0467 e. The van der Waals surface area contributed by atoms with E-state index in [2.05, 4.69) is 0 Å². The smallest absolute Gasteiger partial charge is 0.0467 e. The average molecular weight is 447 g/mol. The van der Waals surface area contributed by atoms with Crippen LogP contribution in [0.2, 0.25) is 0 Å². The van der Waals surface area contributed by atoms with E-state index < -0.39 is 0 Å². The second-order valence-corrected chi connectivity index (χ2v) is 6.44. The van der Waals surface area contributed by atoms with Gasteiger partial charge >= 0.3 is 0 Å². The first kappa shape index (κ1) is 29.8. The molecule has 0 aliphatic heterocycles. The minimum atomic E-state index is 2.00. The predicted molar refractivity (Wildman–Crippen MR) is 158 cm³/mol. The summed E-state index contributed by atoms with van der Waals surface area (Å²) in [6.45, 7) is 4.00. The molecule has 0 aromatic heterocycles. The van der Waals surface area contributed by atoms with Crippen molar-refractivity contribution in [3.8, 4) is 0 Å². The van der Waals surface area contributed by atoms with Crippen molar-refractivity contribution < 1.29 is 0 Å². The molecule has 0 rings (SSSR count). The van der Waals surface area contributed by atoms with Gasteiger partial charge in [-0.15, -0.1) is 0 Å². The lowest BCUT2D eigenvalue weighted by atomic mass is 10.3. The minimum Gasteiger partial charge on any atom is -0.0877 e. The zero-order valence-corrected chi connectivity index (χ0v) is 20.5. The molecule has 0 atom stereocenters. The Balaban J connectivity index is 3.99. The Hall–Kier alpha value is -4.16. The molecule has 0 aromatic rings. The van der Waals surface area contributed by atoms with Crippen molar-refractivity contribution in [2.24, 2.45) is 0 Å². The van der Waals surface area contributed by atoms with E-state index in [1.165, 1.54) is 0 Å². The molecule has 0 aromatic carbocycles. The monoisotopic (exact) mass is 446 g/mol. The molecule has 0 amide bonds. The summed E-state index contributed by atoms with van der Waals surface area (Å²) >= 11 is 0. The molecule has 0 heteroatoms. The second kappa shape index (κ2) is 28.8. The van der Waals surface area contributed by atoms with E-state index in [0.29, 0.717) is 0 Å². The van der Waals surface area contributed by atoms with E-state index in [1.807, 2.05) is 208 Å². The third kappa shape index (κ3) is 27.8. The van der Waals surface area contributed by atoms with Crippen LogP contribution in [0.15, 0.2) is 194 Å². The Labute approximate surface area is 208 Å². The molecule has 0 aliphatic carbocycles. The quantitative estimate of drug-likeness (QED) is 0.220. The SMILES string of the molecule is CC=CC=CC=CC=CC=CC=CC=CC=CC=CC=CC=CC=CC=CC=CC=CC=CC. The van der Waals surface area contributed by atoms with Gasteiger partial charge in [-0.3, -0.25) is 0 Å². The Morgan fingerprint density at radius 1 is 0.147 bits per heavy atom. The first-order chi connectivity index (χ1) is 16.9. The molecule has 174 valence electrons. The van der Waals surface area contributed by atoms with Gasteiger partial charge < -0.3 is 0 Å². The molecule has 0 N–H and O–H groups in total. The van der Waals surface area contributed by atoms with Crippen LogP contribution in [-0.2, 0) is 0 Å². The molecule has 0 fully saturated rings. The summed E-state index contributed by atoms with van der Waals surface area (Å²) in [6, 6.07) is 0. The highest BCUT2D eigenvalue weighted by atomic mass is 13.7. The molecule has 0 heterocycles. The number of allylic oxidation sites excluding steroid dienone is 32. The van der Waals surface area contributed by atoms with Gasteiger partial charge in [-0.25, -0.2) is 0 Å². The van der Waals surface area contributed by atoms with Crippen molar-refractivity contribution in [2.75, 3.05) is 0 Å². The lowest BCUT2D eigenvalue weighted by Gasteiger charge is -1.76. The van der Waals surface area contributed by atoms with Crippen molar-refractivity contribution in [1.29, 1.82) is 0 Å². The first-order valence-corrected chi connectivity index (χ1v) is 11.5. The lowest BCUT2D eigenvalue weighted by Crippen LogP contribution is -1.54. The van der Waals surface area contributed by atoms with Gasteiger partial charge in [0.1, 0.15) is 0 Å². The fourth-order valence-corrected chi connectivity index (χ4v) is 2.02. The second-order valence-electron chi connectivity index (χ2n) is 6.44. The molecular formula is C34H38. The lowest BCUT2D eigenvalue weighted by molar-refractivity contribution is 1.73. The van der Waals surface area contributed by atoms with E-state index in [4.69, 9.17) is 0 Å². The predicted octanol–water partition coefficient (Wildman–Crippen LogP) is 9.93. The van der Waals surface area contributed by atoms with Crippen LogP contribution < -0.4 is 0 Å². The van der Waals surface area contributed by atoms with Gasteiger partial charge in [0, 0.05) is 0 Å². The van der Waals surface area contributed by atoms with Gasteiger partial charge in [-0.1, -0.05) is 194 Å². The van der Waals surface area contributed by atoms with E-state index in [1.54, 1.807) is 0 Å². The molecule has 0 unspecified atom stereocenters. The van der Waals surface area contributed by atoms with E-state index in [-0.39, 0.29) is 0 Å². The van der Waals surface area contributed by atoms with Crippen LogP contribution in [-0.4, -0.2) is 0 Å². The molecule has 0 bridgehead atoms. The van der Waals surface area contributed by atoms with Crippen molar-refractivity contribution in [3.63, 3.8) is 0 Å². The summed E-state index contributed by atoms with van der Waals surface area (Å²) in [5.74, 6) is 0. The van der Waals surface area contributed by atoms with Crippen LogP contribution in [0.4, 0.5) is 0 Å². The Bertz CT molecular complexity index is 868. The summed E-state index contributed by atoms with van der Waals surface area (Å²) in [5.41, 5.74) is 0. The van der Waals surface area contributed by atoms with E-state index in [9.17, 15) is 0 Å². The maximum atomic E-state index is 2.00. The first-order valence-electron chi connectivity index (χ1n) is 11.5. The summed E-state index contributed by atoms with van der Waals surface area (Å²) in [7, 11) is 0.